The van der Waals surface area contributed by atoms with Crippen molar-refractivity contribution in [2.24, 2.45) is 5.92 Å². The first-order valence-corrected chi connectivity index (χ1v) is 7.04. The summed E-state index contributed by atoms with van der Waals surface area (Å²) >= 11 is 9.35. The summed E-state index contributed by atoms with van der Waals surface area (Å²) in [5, 5.41) is 3.51. The van der Waals surface area contributed by atoms with Crippen LogP contribution in [0.5, 0.6) is 0 Å². The molecule has 1 amide bonds. The Hall–Kier alpha value is -0.740. The van der Waals surface area contributed by atoms with Crippen LogP contribution in [0.15, 0.2) is 18.2 Å². The maximum atomic E-state index is 12.0. The Bertz CT molecular complexity index is 435. The molecule has 0 bridgehead atoms. The van der Waals surface area contributed by atoms with E-state index >= 15 is 0 Å². The molecule has 1 atom stereocenters. The lowest BCUT2D eigenvalue weighted by Crippen LogP contribution is -2.27. The van der Waals surface area contributed by atoms with Crippen LogP contribution in [-0.2, 0) is 4.79 Å². The van der Waals surface area contributed by atoms with E-state index in [1.54, 1.807) is 12.1 Å². The standard InChI is InChI=1S/C13H18BrClN2O/c1-8(2)12(14)13(18)16-10-7-9(15)5-6-11(10)17(3)4/h5-8,12H,1-4H3,(H,16,18). The van der Waals surface area contributed by atoms with Crippen LogP contribution in [0.25, 0.3) is 0 Å². The molecule has 0 saturated heterocycles. The van der Waals surface area contributed by atoms with Gasteiger partial charge in [0, 0.05) is 19.1 Å². The van der Waals surface area contributed by atoms with Gasteiger partial charge >= 0.3 is 0 Å². The molecule has 1 aromatic rings. The molecule has 0 aliphatic carbocycles. The lowest BCUT2D eigenvalue weighted by atomic mass is 10.1. The summed E-state index contributed by atoms with van der Waals surface area (Å²) in [6.07, 6.45) is 0. The van der Waals surface area contributed by atoms with Gasteiger partial charge in [-0.3, -0.25) is 4.79 Å². The zero-order valence-corrected chi connectivity index (χ0v) is 13.3. The molecule has 0 heterocycles. The van der Waals surface area contributed by atoms with E-state index in [2.05, 4.69) is 21.2 Å². The van der Waals surface area contributed by atoms with Gasteiger partial charge in [0.1, 0.15) is 0 Å². The molecule has 1 rings (SSSR count). The average Bonchev–Trinajstić information content (AvgIpc) is 2.27. The van der Waals surface area contributed by atoms with Crippen molar-refractivity contribution < 1.29 is 4.79 Å². The second kappa shape index (κ2) is 6.43. The van der Waals surface area contributed by atoms with Gasteiger partial charge in [-0.15, -0.1) is 0 Å². The summed E-state index contributed by atoms with van der Waals surface area (Å²) in [7, 11) is 3.85. The van der Waals surface area contributed by atoms with Crippen LogP contribution in [0.3, 0.4) is 0 Å². The number of alkyl halides is 1. The van der Waals surface area contributed by atoms with Crippen molar-refractivity contribution in [1.29, 1.82) is 0 Å². The number of benzene rings is 1. The van der Waals surface area contributed by atoms with Gasteiger partial charge in [0.05, 0.1) is 16.2 Å². The zero-order valence-electron chi connectivity index (χ0n) is 11.0. The summed E-state index contributed by atoms with van der Waals surface area (Å²) in [5.74, 6) is 0.169. The first-order chi connectivity index (χ1) is 8.32. The number of anilines is 2. The van der Waals surface area contributed by atoms with Gasteiger partial charge in [-0.1, -0.05) is 41.4 Å². The second-order valence-corrected chi connectivity index (χ2v) is 6.11. The van der Waals surface area contributed by atoms with E-state index < -0.39 is 0 Å². The molecule has 0 fully saturated rings. The van der Waals surface area contributed by atoms with Crippen LogP contribution in [0.2, 0.25) is 5.02 Å². The van der Waals surface area contributed by atoms with Crippen LogP contribution in [0.4, 0.5) is 11.4 Å². The van der Waals surface area contributed by atoms with E-state index in [4.69, 9.17) is 11.6 Å². The van der Waals surface area contributed by atoms with E-state index in [0.29, 0.717) is 5.02 Å². The molecule has 1 aromatic carbocycles. The predicted octanol–water partition coefficient (Wildman–Crippen LogP) is 3.76. The molecule has 5 heteroatoms. The third kappa shape index (κ3) is 3.89. The van der Waals surface area contributed by atoms with Gasteiger partial charge in [-0.2, -0.15) is 0 Å². The SMILES string of the molecule is CC(C)C(Br)C(=O)Nc1cc(Cl)ccc1N(C)C. The van der Waals surface area contributed by atoms with Gasteiger partial charge in [-0.25, -0.2) is 0 Å². The molecular formula is C13H18BrClN2O. The molecule has 1 unspecified atom stereocenters. The Morgan fingerprint density at radius 1 is 1.39 bits per heavy atom. The fraction of sp³-hybridized carbons (Fsp3) is 0.462. The van der Waals surface area contributed by atoms with Crippen LogP contribution >= 0.6 is 27.5 Å². The smallest absolute Gasteiger partial charge is 0.238 e. The molecule has 0 radical (unpaired) electrons. The number of carbonyl (C=O) groups is 1. The fourth-order valence-corrected chi connectivity index (χ4v) is 1.79. The Morgan fingerprint density at radius 2 is 2.00 bits per heavy atom. The van der Waals surface area contributed by atoms with Crippen molar-refractivity contribution >= 4 is 44.8 Å². The number of nitrogens with one attached hydrogen (secondary N) is 1. The van der Waals surface area contributed by atoms with Gasteiger partial charge in [-0.05, 0) is 24.1 Å². The van der Waals surface area contributed by atoms with Crippen LogP contribution in [0, 0.1) is 5.92 Å². The average molecular weight is 334 g/mol. The summed E-state index contributed by atoms with van der Waals surface area (Å²) in [6, 6.07) is 5.45. The zero-order chi connectivity index (χ0) is 13.9. The maximum absolute atomic E-state index is 12.0. The quantitative estimate of drug-likeness (QED) is 0.851. The Kier molecular flexibility index (Phi) is 5.47. The predicted molar refractivity (Wildman–Crippen MR) is 82.0 cm³/mol. The minimum Gasteiger partial charge on any atom is -0.376 e. The van der Waals surface area contributed by atoms with Gasteiger partial charge in [0.15, 0.2) is 0 Å². The van der Waals surface area contributed by atoms with Crippen molar-refractivity contribution in [3.05, 3.63) is 23.2 Å². The number of nitrogens with zero attached hydrogens (tertiary/aromatic N) is 1. The van der Waals surface area contributed by atoms with Crippen molar-refractivity contribution in [3.63, 3.8) is 0 Å². The Labute approximate surface area is 122 Å². The number of halogens is 2. The Balaban J connectivity index is 2.96. The first kappa shape index (κ1) is 15.3. The molecule has 1 N–H and O–H groups in total. The highest BCUT2D eigenvalue weighted by atomic mass is 79.9. The van der Waals surface area contributed by atoms with E-state index in [1.807, 2.05) is 38.9 Å². The third-order valence-corrected chi connectivity index (χ3v) is 4.24. The van der Waals surface area contributed by atoms with Crippen molar-refractivity contribution in [1.82, 2.24) is 0 Å². The normalized spacial score (nSPS) is 12.4. The summed E-state index contributed by atoms with van der Waals surface area (Å²) in [6.45, 7) is 3.98. The highest BCUT2D eigenvalue weighted by molar-refractivity contribution is 9.10. The number of hydrogen-bond acceptors (Lipinski definition) is 2. The number of carbonyl (C=O) groups excluding carboxylic acids is 1. The summed E-state index contributed by atoms with van der Waals surface area (Å²) in [4.78, 5) is 13.7. The molecule has 0 aromatic heterocycles. The topological polar surface area (TPSA) is 32.3 Å². The maximum Gasteiger partial charge on any atom is 0.238 e. The van der Waals surface area contributed by atoms with E-state index in [9.17, 15) is 4.79 Å². The van der Waals surface area contributed by atoms with E-state index in [0.717, 1.165) is 11.4 Å². The highest BCUT2D eigenvalue weighted by Crippen LogP contribution is 2.28. The van der Waals surface area contributed by atoms with Gasteiger partial charge in [0.25, 0.3) is 0 Å². The van der Waals surface area contributed by atoms with Gasteiger partial charge in [0.2, 0.25) is 5.91 Å². The molecular weight excluding hydrogens is 316 g/mol. The second-order valence-electron chi connectivity index (χ2n) is 4.69. The van der Waals surface area contributed by atoms with Gasteiger partial charge < -0.3 is 10.2 Å². The minimum absolute atomic E-state index is 0.0598. The lowest BCUT2D eigenvalue weighted by molar-refractivity contribution is -0.116. The van der Waals surface area contributed by atoms with Crippen molar-refractivity contribution in [2.45, 2.75) is 18.7 Å². The molecule has 0 saturated carbocycles. The van der Waals surface area contributed by atoms with Crippen LogP contribution in [-0.4, -0.2) is 24.8 Å². The number of amides is 1. The van der Waals surface area contributed by atoms with Crippen LogP contribution < -0.4 is 10.2 Å². The van der Waals surface area contributed by atoms with E-state index in [-0.39, 0.29) is 16.7 Å². The van der Waals surface area contributed by atoms with Crippen molar-refractivity contribution in [3.8, 4) is 0 Å². The monoisotopic (exact) mass is 332 g/mol. The van der Waals surface area contributed by atoms with Crippen LogP contribution in [0.1, 0.15) is 13.8 Å². The fourth-order valence-electron chi connectivity index (χ4n) is 1.50. The van der Waals surface area contributed by atoms with Crippen molar-refractivity contribution in [2.75, 3.05) is 24.3 Å². The molecule has 3 nitrogen and oxygen atoms in total. The first-order valence-electron chi connectivity index (χ1n) is 5.74. The lowest BCUT2D eigenvalue weighted by Gasteiger charge is -2.20. The minimum atomic E-state index is -0.216. The molecule has 100 valence electrons. The third-order valence-electron chi connectivity index (χ3n) is 2.53. The summed E-state index contributed by atoms with van der Waals surface area (Å²) < 4.78 is 0. The summed E-state index contributed by atoms with van der Waals surface area (Å²) in [5.41, 5.74) is 1.65. The molecule has 18 heavy (non-hydrogen) atoms. The molecule has 0 aliphatic rings. The number of rotatable bonds is 4. The molecule has 0 spiro atoms. The molecule has 0 aliphatic heterocycles. The highest BCUT2D eigenvalue weighted by Gasteiger charge is 2.20. The number of hydrogen-bond donors (Lipinski definition) is 1. The largest absolute Gasteiger partial charge is 0.376 e. The Morgan fingerprint density at radius 3 is 2.50 bits per heavy atom. The van der Waals surface area contributed by atoms with E-state index in [1.165, 1.54) is 0 Å².